The summed E-state index contributed by atoms with van der Waals surface area (Å²) in [6.07, 6.45) is 0.582. The number of aryl methyl sites for hydroxylation is 2. The van der Waals surface area contributed by atoms with Gasteiger partial charge in [-0.2, -0.15) is 0 Å². The molecule has 0 atom stereocenters. The summed E-state index contributed by atoms with van der Waals surface area (Å²) in [6.45, 7) is 5.61. The molecule has 0 bridgehead atoms. The Morgan fingerprint density at radius 2 is 1.86 bits per heavy atom. The van der Waals surface area contributed by atoms with E-state index in [0.717, 1.165) is 11.1 Å². The molecular weight excluding hydrogens is 357 g/mol. The first-order valence-electron chi connectivity index (χ1n) is 9.11. The van der Waals surface area contributed by atoms with Gasteiger partial charge in [0.15, 0.2) is 0 Å². The standard InChI is InChI=1S/C22H22FN3O2/c1-4-18-12-21(28)26(22(24-18)16-8-10-17(23)11-9-16)13-20(27)25-19-7-5-6-14(2)15(19)3/h5-12H,4,13H2,1-3H3,(H,25,27). The Morgan fingerprint density at radius 1 is 1.14 bits per heavy atom. The minimum Gasteiger partial charge on any atom is -0.324 e. The van der Waals surface area contributed by atoms with E-state index in [4.69, 9.17) is 0 Å². The first-order chi connectivity index (χ1) is 13.4. The Morgan fingerprint density at radius 3 is 2.54 bits per heavy atom. The molecule has 1 heterocycles. The molecule has 0 radical (unpaired) electrons. The Hall–Kier alpha value is -3.28. The number of rotatable bonds is 5. The van der Waals surface area contributed by atoms with Gasteiger partial charge in [0.2, 0.25) is 5.91 Å². The number of halogens is 1. The summed E-state index contributed by atoms with van der Waals surface area (Å²) in [5, 5.41) is 2.86. The normalized spacial score (nSPS) is 10.7. The van der Waals surface area contributed by atoms with Crippen LogP contribution in [0.15, 0.2) is 53.3 Å². The van der Waals surface area contributed by atoms with Crippen molar-refractivity contribution in [3.63, 3.8) is 0 Å². The molecule has 3 aromatic rings. The Bertz CT molecular complexity index is 1070. The zero-order valence-corrected chi connectivity index (χ0v) is 16.1. The highest BCUT2D eigenvalue weighted by Gasteiger charge is 2.15. The van der Waals surface area contributed by atoms with Gasteiger partial charge in [0.25, 0.3) is 5.56 Å². The third-order valence-corrected chi connectivity index (χ3v) is 4.71. The molecule has 28 heavy (non-hydrogen) atoms. The fourth-order valence-corrected chi connectivity index (χ4v) is 2.93. The van der Waals surface area contributed by atoms with Crippen molar-refractivity contribution in [1.29, 1.82) is 0 Å². The Labute approximate surface area is 162 Å². The van der Waals surface area contributed by atoms with Crippen LogP contribution in [0.4, 0.5) is 10.1 Å². The molecule has 0 unspecified atom stereocenters. The van der Waals surface area contributed by atoms with E-state index >= 15 is 0 Å². The molecule has 0 saturated carbocycles. The lowest BCUT2D eigenvalue weighted by atomic mass is 10.1. The van der Waals surface area contributed by atoms with Gasteiger partial charge in [-0.15, -0.1) is 0 Å². The molecule has 0 saturated heterocycles. The van der Waals surface area contributed by atoms with E-state index in [1.165, 1.54) is 22.8 Å². The van der Waals surface area contributed by atoms with E-state index in [9.17, 15) is 14.0 Å². The number of carbonyl (C=O) groups excluding carboxylic acids is 1. The van der Waals surface area contributed by atoms with Gasteiger partial charge in [0.1, 0.15) is 18.2 Å². The number of aromatic nitrogens is 2. The topological polar surface area (TPSA) is 64.0 Å². The summed E-state index contributed by atoms with van der Waals surface area (Å²) in [6, 6.07) is 12.8. The van der Waals surface area contributed by atoms with E-state index in [0.29, 0.717) is 29.2 Å². The second-order valence-corrected chi connectivity index (χ2v) is 6.65. The van der Waals surface area contributed by atoms with Gasteiger partial charge < -0.3 is 5.32 Å². The molecule has 144 valence electrons. The van der Waals surface area contributed by atoms with E-state index in [2.05, 4.69) is 10.3 Å². The monoisotopic (exact) mass is 379 g/mol. The molecule has 0 aliphatic carbocycles. The van der Waals surface area contributed by atoms with Crippen LogP contribution in [-0.2, 0) is 17.8 Å². The molecule has 1 N–H and O–H groups in total. The molecule has 0 aliphatic rings. The zero-order chi connectivity index (χ0) is 20.3. The highest BCUT2D eigenvalue weighted by atomic mass is 19.1. The fraction of sp³-hybridized carbons (Fsp3) is 0.227. The number of hydrogen-bond donors (Lipinski definition) is 1. The summed E-state index contributed by atoms with van der Waals surface area (Å²) in [5.41, 5.74) is 3.63. The van der Waals surface area contributed by atoms with Crippen LogP contribution >= 0.6 is 0 Å². The third-order valence-electron chi connectivity index (χ3n) is 4.71. The molecule has 0 fully saturated rings. The molecule has 2 aromatic carbocycles. The molecule has 1 amide bonds. The van der Waals surface area contributed by atoms with Crippen LogP contribution in [0.2, 0.25) is 0 Å². The van der Waals surface area contributed by atoms with Gasteiger partial charge in [-0.05, 0) is 61.7 Å². The van der Waals surface area contributed by atoms with E-state index in [1.807, 2.05) is 39.0 Å². The molecule has 0 aliphatic heterocycles. The van der Waals surface area contributed by atoms with Gasteiger partial charge in [-0.25, -0.2) is 9.37 Å². The first-order valence-corrected chi connectivity index (χ1v) is 9.11. The van der Waals surface area contributed by atoms with Crippen molar-refractivity contribution >= 4 is 11.6 Å². The number of anilines is 1. The van der Waals surface area contributed by atoms with Crippen LogP contribution in [0.1, 0.15) is 23.7 Å². The van der Waals surface area contributed by atoms with Gasteiger partial charge in [0, 0.05) is 23.0 Å². The number of amides is 1. The quantitative estimate of drug-likeness (QED) is 0.732. The van der Waals surface area contributed by atoms with Crippen molar-refractivity contribution in [2.45, 2.75) is 33.7 Å². The van der Waals surface area contributed by atoms with Crippen LogP contribution in [0.3, 0.4) is 0 Å². The maximum Gasteiger partial charge on any atom is 0.254 e. The van der Waals surface area contributed by atoms with Crippen molar-refractivity contribution in [2.75, 3.05) is 5.32 Å². The fourth-order valence-electron chi connectivity index (χ4n) is 2.93. The summed E-state index contributed by atoms with van der Waals surface area (Å²) in [4.78, 5) is 29.8. The highest BCUT2D eigenvalue weighted by Crippen LogP contribution is 2.19. The maximum atomic E-state index is 13.3. The van der Waals surface area contributed by atoms with Crippen LogP contribution in [0, 0.1) is 19.7 Å². The smallest absolute Gasteiger partial charge is 0.254 e. The van der Waals surface area contributed by atoms with Crippen LogP contribution < -0.4 is 10.9 Å². The van der Waals surface area contributed by atoms with Gasteiger partial charge in [0.05, 0.1) is 0 Å². The largest absolute Gasteiger partial charge is 0.324 e. The van der Waals surface area contributed by atoms with Crippen molar-refractivity contribution in [2.24, 2.45) is 0 Å². The lowest BCUT2D eigenvalue weighted by molar-refractivity contribution is -0.116. The number of benzene rings is 2. The predicted octanol–water partition coefficient (Wildman–Crippen LogP) is 3.87. The van der Waals surface area contributed by atoms with Crippen molar-refractivity contribution < 1.29 is 9.18 Å². The zero-order valence-electron chi connectivity index (χ0n) is 16.1. The average Bonchev–Trinajstić information content (AvgIpc) is 2.67. The minimum atomic E-state index is -0.378. The predicted molar refractivity (Wildman–Crippen MR) is 108 cm³/mol. The summed E-state index contributed by atoms with van der Waals surface area (Å²) >= 11 is 0. The second kappa shape index (κ2) is 8.17. The molecule has 6 heteroatoms. The second-order valence-electron chi connectivity index (χ2n) is 6.65. The van der Waals surface area contributed by atoms with E-state index < -0.39 is 0 Å². The third kappa shape index (κ3) is 4.17. The van der Waals surface area contributed by atoms with Gasteiger partial charge in [-0.3, -0.25) is 14.2 Å². The van der Waals surface area contributed by atoms with Crippen LogP contribution in [0.25, 0.3) is 11.4 Å². The summed E-state index contributed by atoms with van der Waals surface area (Å²) in [5.74, 6) is -0.359. The van der Waals surface area contributed by atoms with Gasteiger partial charge in [-0.1, -0.05) is 19.1 Å². The molecule has 0 spiro atoms. The van der Waals surface area contributed by atoms with Crippen molar-refractivity contribution in [1.82, 2.24) is 9.55 Å². The van der Waals surface area contributed by atoms with Crippen molar-refractivity contribution in [3.8, 4) is 11.4 Å². The maximum absolute atomic E-state index is 13.3. The number of hydrogen-bond acceptors (Lipinski definition) is 3. The highest BCUT2D eigenvalue weighted by molar-refractivity contribution is 5.91. The van der Waals surface area contributed by atoms with Crippen molar-refractivity contribution in [3.05, 3.63) is 81.5 Å². The molecule has 5 nitrogen and oxygen atoms in total. The molecule has 3 rings (SSSR count). The first kappa shape index (κ1) is 19.5. The molecule has 1 aromatic heterocycles. The van der Waals surface area contributed by atoms with Crippen LogP contribution in [-0.4, -0.2) is 15.5 Å². The van der Waals surface area contributed by atoms with Gasteiger partial charge >= 0.3 is 0 Å². The van der Waals surface area contributed by atoms with Crippen LogP contribution in [0.5, 0.6) is 0 Å². The number of nitrogens with one attached hydrogen (secondary N) is 1. The lowest BCUT2D eigenvalue weighted by Gasteiger charge is -2.15. The summed E-state index contributed by atoms with van der Waals surface area (Å²) < 4.78 is 14.6. The SMILES string of the molecule is CCc1cc(=O)n(CC(=O)Nc2cccc(C)c2C)c(-c2ccc(F)cc2)n1. The number of carbonyl (C=O) groups is 1. The van der Waals surface area contributed by atoms with E-state index in [-0.39, 0.29) is 23.8 Å². The summed E-state index contributed by atoms with van der Waals surface area (Å²) in [7, 11) is 0. The number of nitrogens with zero attached hydrogens (tertiary/aromatic N) is 2. The lowest BCUT2D eigenvalue weighted by Crippen LogP contribution is -2.30. The Kier molecular flexibility index (Phi) is 5.68. The van der Waals surface area contributed by atoms with E-state index in [1.54, 1.807) is 12.1 Å². The molecular formula is C22H22FN3O2. The average molecular weight is 379 g/mol. The minimum absolute atomic E-state index is 0.185. The Balaban J connectivity index is 1.96.